The number of fused-ring (bicyclic) bond motifs is 1. The maximum atomic E-state index is 12.8. The maximum Gasteiger partial charge on any atom is 0.330 e. The Balaban J connectivity index is 1.60. The zero-order valence-corrected chi connectivity index (χ0v) is 39.9. The van der Waals surface area contributed by atoms with Gasteiger partial charge in [0.25, 0.3) is 0 Å². The summed E-state index contributed by atoms with van der Waals surface area (Å²) in [5.41, 5.74) is 5.35. The van der Waals surface area contributed by atoms with Gasteiger partial charge in [0, 0.05) is 17.6 Å². The average molecular weight is 833 g/mol. The summed E-state index contributed by atoms with van der Waals surface area (Å²) in [6.07, 6.45) is 25.0. The van der Waals surface area contributed by atoms with Crippen LogP contribution in [-0.2, 0) is 19.0 Å². The van der Waals surface area contributed by atoms with Crippen LogP contribution in [0.3, 0.4) is 0 Å². The zero-order chi connectivity index (χ0) is 44.0. The summed E-state index contributed by atoms with van der Waals surface area (Å²) in [4.78, 5) is 12.8. The molecule has 0 aromatic heterocycles. The molecule has 0 amide bonds. The molecule has 2 aromatic carbocycles. The Kier molecular flexibility index (Phi) is 22.6. The SMILES string of the molecule is COc1cc(C=CC(=O)OCCC(C)CC2C(OCCCCCCCCCC(C)(C)C)=C(OCCCCCCCCCC(C)(C)C)c3c(C)cccc32)cc(OC)c1OC. The molecular formula is C53H84O7. The summed E-state index contributed by atoms with van der Waals surface area (Å²) < 4.78 is 35.6. The Morgan fingerprint density at radius 1 is 0.683 bits per heavy atom. The fourth-order valence-corrected chi connectivity index (χ4v) is 8.19. The third-order valence-electron chi connectivity index (χ3n) is 11.7. The van der Waals surface area contributed by atoms with Crippen molar-refractivity contribution in [2.45, 2.75) is 177 Å². The number of unbranched alkanes of at least 4 members (excludes halogenated alkanes) is 12. The predicted octanol–water partition coefficient (Wildman–Crippen LogP) is 14.8. The molecule has 0 bridgehead atoms. The third kappa shape index (κ3) is 18.6. The second-order valence-corrected chi connectivity index (χ2v) is 19.6. The first kappa shape index (κ1) is 50.7. The minimum atomic E-state index is -0.386. The number of aryl methyl sites for hydroxylation is 1. The Bertz CT molecular complexity index is 1580. The number of allylic oxidation sites excluding steroid dienone is 1. The van der Waals surface area contributed by atoms with Crippen LogP contribution in [0.2, 0.25) is 0 Å². The second-order valence-electron chi connectivity index (χ2n) is 19.6. The molecule has 0 saturated heterocycles. The van der Waals surface area contributed by atoms with Gasteiger partial charge in [0.2, 0.25) is 5.75 Å². The van der Waals surface area contributed by atoms with Crippen molar-refractivity contribution in [3.8, 4) is 17.2 Å². The van der Waals surface area contributed by atoms with Crippen molar-refractivity contribution < 1.29 is 33.2 Å². The van der Waals surface area contributed by atoms with E-state index in [9.17, 15) is 4.79 Å². The normalized spacial score (nSPS) is 14.7. The lowest BCUT2D eigenvalue weighted by Gasteiger charge is -2.21. The summed E-state index contributed by atoms with van der Waals surface area (Å²) >= 11 is 0. The average Bonchev–Trinajstić information content (AvgIpc) is 3.49. The van der Waals surface area contributed by atoms with Gasteiger partial charge in [0.15, 0.2) is 17.3 Å². The molecule has 1 aliphatic carbocycles. The molecule has 0 heterocycles. The van der Waals surface area contributed by atoms with Gasteiger partial charge in [-0.3, -0.25) is 0 Å². The quantitative estimate of drug-likeness (QED) is 0.0441. The van der Waals surface area contributed by atoms with Gasteiger partial charge in [-0.25, -0.2) is 4.79 Å². The van der Waals surface area contributed by atoms with Crippen LogP contribution < -0.4 is 14.2 Å². The highest BCUT2D eigenvalue weighted by Gasteiger charge is 2.36. The molecule has 2 aromatic rings. The van der Waals surface area contributed by atoms with Crippen molar-refractivity contribution in [1.29, 1.82) is 0 Å². The molecule has 338 valence electrons. The molecule has 7 heteroatoms. The molecule has 0 aliphatic heterocycles. The topological polar surface area (TPSA) is 72.5 Å². The van der Waals surface area contributed by atoms with Crippen molar-refractivity contribution in [3.05, 3.63) is 64.4 Å². The van der Waals surface area contributed by atoms with Gasteiger partial charge < -0.3 is 28.4 Å². The van der Waals surface area contributed by atoms with E-state index in [0.29, 0.717) is 47.9 Å². The summed E-state index contributed by atoms with van der Waals surface area (Å²) in [5.74, 6) is 3.51. The molecule has 2 unspecified atom stereocenters. The van der Waals surface area contributed by atoms with E-state index < -0.39 is 0 Å². The molecule has 0 fully saturated rings. The molecule has 0 saturated carbocycles. The number of carbonyl (C=O) groups is 1. The molecular weight excluding hydrogens is 749 g/mol. The van der Waals surface area contributed by atoms with Gasteiger partial charge in [-0.2, -0.15) is 0 Å². The van der Waals surface area contributed by atoms with Crippen LogP contribution in [0.15, 0.2) is 42.2 Å². The number of methoxy groups -OCH3 is 3. The number of carbonyl (C=O) groups excluding carboxylic acids is 1. The molecule has 0 spiro atoms. The summed E-state index contributed by atoms with van der Waals surface area (Å²) in [7, 11) is 4.71. The van der Waals surface area contributed by atoms with Gasteiger partial charge >= 0.3 is 5.97 Å². The van der Waals surface area contributed by atoms with E-state index in [4.69, 9.17) is 28.4 Å². The Hall–Kier alpha value is -3.61. The van der Waals surface area contributed by atoms with Gasteiger partial charge in [0.1, 0.15) is 5.76 Å². The first-order chi connectivity index (χ1) is 28.7. The first-order valence-corrected chi connectivity index (χ1v) is 23.4. The standard InChI is InChI=1S/C53H84O7/c1-40(31-36-58-47(54)30-29-42-38-45(55-9)50(57-11)46(39-42)56-10)37-44-43-28-26-27-41(2)48(43)51(60-35-25-21-17-13-15-19-23-33-53(6,7)8)49(44)59-34-24-20-16-12-14-18-22-32-52(3,4)5/h26-30,38-40,44H,12-25,31-37H2,1-11H3. The minimum absolute atomic E-state index is 0.108. The van der Waals surface area contributed by atoms with Gasteiger partial charge in [-0.05, 0) is 97.1 Å². The van der Waals surface area contributed by atoms with E-state index in [1.807, 2.05) is 0 Å². The van der Waals surface area contributed by atoms with E-state index in [1.54, 1.807) is 39.5 Å². The van der Waals surface area contributed by atoms with Crippen molar-refractivity contribution in [2.24, 2.45) is 16.7 Å². The highest BCUT2D eigenvalue weighted by Crippen LogP contribution is 2.48. The molecule has 2 atom stereocenters. The third-order valence-corrected chi connectivity index (χ3v) is 11.7. The number of rotatable bonds is 30. The minimum Gasteiger partial charge on any atom is -0.493 e. The van der Waals surface area contributed by atoms with Gasteiger partial charge in [0.05, 0.1) is 41.2 Å². The van der Waals surface area contributed by atoms with Gasteiger partial charge in [-0.1, -0.05) is 144 Å². The van der Waals surface area contributed by atoms with E-state index >= 15 is 0 Å². The van der Waals surface area contributed by atoms with Crippen LogP contribution in [0.5, 0.6) is 17.2 Å². The van der Waals surface area contributed by atoms with E-state index in [-0.39, 0.29) is 17.8 Å². The molecule has 3 rings (SSSR count). The Morgan fingerprint density at radius 3 is 1.72 bits per heavy atom. The predicted molar refractivity (Wildman–Crippen MR) is 250 cm³/mol. The second kappa shape index (κ2) is 26.7. The maximum absolute atomic E-state index is 12.8. The molecule has 1 aliphatic rings. The van der Waals surface area contributed by atoms with Crippen molar-refractivity contribution >= 4 is 17.8 Å². The van der Waals surface area contributed by atoms with Gasteiger partial charge in [-0.15, -0.1) is 0 Å². The lowest BCUT2D eigenvalue weighted by atomic mass is 9.88. The highest BCUT2D eigenvalue weighted by molar-refractivity contribution is 5.87. The zero-order valence-electron chi connectivity index (χ0n) is 39.9. The Morgan fingerprint density at radius 2 is 1.20 bits per heavy atom. The number of hydrogen-bond acceptors (Lipinski definition) is 7. The van der Waals surface area contributed by atoms with E-state index in [0.717, 1.165) is 42.8 Å². The van der Waals surface area contributed by atoms with Crippen LogP contribution >= 0.6 is 0 Å². The molecule has 0 radical (unpaired) electrons. The van der Waals surface area contributed by atoms with Crippen LogP contribution in [0.25, 0.3) is 11.8 Å². The highest BCUT2D eigenvalue weighted by atomic mass is 16.5. The fourth-order valence-electron chi connectivity index (χ4n) is 8.19. The van der Waals surface area contributed by atoms with Crippen molar-refractivity contribution in [2.75, 3.05) is 41.2 Å². The smallest absolute Gasteiger partial charge is 0.330 e. The Labute approximate surface area is 366 Å². The molecule has 60 heavy (non-hydrogen) atoms. The van der Waals surface area contributed by atoms with Crippen LogP contribution in [-0.4, -0.2) is 47.1 Å². The summed E-state index contributed by atoms with van der Waals surface area (Å²) in [6.45, 7) is 20.2. The number of ether oxygens (including phenoxy) is 6. The van der Waals surface area contributed by atoms with Crippen molar-refractivity contribution in [3.63, 3.8) is 0 Å². The lowest BCUT2D eigenvalue weighted by Crippen LogP contribution is -2.12. The first-order valence-electron chi connectivity index (χ1n) is 23.4. The fraction of sp³-hybridized carbons (Fsp3) is 0.679. The van der Waals surface area contributed by atoms with Crippen LogP contribution in [0, 0.1) is 23.7 Å². The van der Waals surface area contributed by atoms with Crippen LogP contribution in [0.1, 0.15) is 192 Å². The summed E-state index contributed by atoms with van der Waals surface area (Å²) in [5, 5.41) is 0. The molecule has 7 nitrogen and oxygen atoms in total. The number of hydrogen-bond donors (Lipinski definition) is 0. The monoisotopic (exact) mass is 833 g/mol. The van der Waals surface area contributed by atoms with Crippen molar-refractivity contribution in [1.82, 2.24) is 0 Å². The largest absolute Gasteiger partial charge is 0.493 e. The molecule has 0 N–H and O–H groups in total. The lowest BCUT2D eigenvalue weighted by molar-refractivity contribution is -0.138. The van der Waals surface area contributed by atoms with E-state index in [1.165, 1.54) is 113 Å². The summed E-state index contributed by atoms with van der Waals surface area (Å²) in [6, 6.07) is 10.2. The van der Waals surface area contributed by atoms with Crippen LogP contribution in [0.4, 0.5) is 0 Å². The number of benzene rings is 2. The number of esters is 1. The van der Waals surface area contributed by atoms with E-state index in [2.05, 4.69) is 73.6 Å².